The molecule has 0 spiro atoms. The molecular weight excluding hydrogens is 422 g/mol. The van der Waals surface area contributed by atoms with Crippen LogP contribution in [-0.2, 0) is 14.4 Å². The molecule has 0 heterocycles. The van der Waals surface area contributed by atoms with Gasteiger partial charge in [-0.05, 0) is 43.2 Å². The monoisotopic (exact) mass is 443 g/mol. The number of carboxylic acids is 1. The Balaban J connectivity index is 2.07. The Hall–Kier alpha value is -3.66. The van der Waals surface area contributed by atoms with Gasteiger partial charge in [0, 0.05) is 40.6 Å². The number of nitrogens with zero attached hydrogens (tertiary/aromatic N) is 1. The van der Waals surface area contributed by atoms with E-state index in [1.165, 1.54) is 30.0 Å². The smallest absolute Gasteiger partial charge is 0.328 e. The number of nitrogens with one attached hydrogen (secondary N) is 2. The molecule has 3 N–H and O–H groups in total. The molecule has 9 nitrogen and oxygen atoms in total. The molecule has 0 saturated carbocycles. The lowest BCUT2D eigenvalue weighted by atomic mass is 10.1. The molecule has 2 aromatic carbocycles. The zero-order chi connectivity index (χ0) is 23.0. The van der Waals surface area contributed by atoms with Crippen LogP contribution in [0.25, 0.3) is 0 Å². The number of nitro groups is 1. The zero-order valence-corrected chi connectivity index (χ0v) is 17.6. The molecule has 0 aliphatic heterocycles. The Bertz CT molecular complexity index is 1040. The van der Waals surface area contributed by atoms with Gasteiger partial charge in [-0.1, -0.05) is 13.0 Å². The molecule has 2 rings (SSSR count). The first-order valence-electron chi connectivity index (χ1n) is 9.24. The van der Waals surface area contributed by atoms with Crippen molar-refractivity contribution in [1.82, 2.24) is 0 Å². The van der Waals surface area contributed by atoms with Crippen LogP contribution in [0.2, 0.25) is 0 Å². The van der Waals surface area contributed by atoms with Crippen LogP contribution < -0.4 is 10.6 Å². The quantitative estimate of drug-likeness (QED) is 0.230. The summed E-state index contributed by atoms with van der Waals surface area (Å²) in [6, 6.07) is 11.1. The SMILES string of the molecule is CCC(Sc1cccc(NC(=O)/C=C/C(=O)O)c1)C(=O)Nc1ccc([N+](=O)[O-])cc1C. The maximum Gasteiger partial charge on any atom is 0.328 e. The molecule has 2 amide bonds. The van der Waals surface area contributed by atoms with Gasteiger partial charge in [0.15, 0.2) is 0 Å². The molecule has 31 heavy (non-hydrogen) atoms. The standard InChI is InChI=1S/C21H21N3O6S/c1-3-18(21(28)23-17-8-7-15(24(29)30)11-13(17)2)31-16-6-4-5-14(12-16)22-19(25)9-10-20(26)27/h4-12,18H,3H2,1-2H3,(H,22,25)(H,23,28)(H,26,27)/b10-9+. The third kappa shape index (κ3) is 7.27. The zero-order valence-electron chi connectivity index (χ0n) is 16.8. The molecule has 1 unspecified atom stereocenters. The van der Waals surface area contributed by atoms with Crippen molar-refractivity contribution in [2.75, 3.05) is 10.6 Å². The normalized spacial score (nSPS) is 11.7. The highest BCUT2D eigenvalue weighted by Crippen LogP contribution is 2.29. The van der Waals surface area contributed by atoms with E-state index in [0.717, 1.165) is 17.0 Å². The number of carbonyl (C=O) groups excluding carboxylic acids is 2. The molecule has 0 bridgehead atoms. The minimum Gasteiger partial charge on any atom is -0.478 e. The van der Waals surface area contributed by atoms with Crippen LogP contribution in [0.3, 0.4) is 0 Å². The van der Waals surface area contributed by atoms with E-state index in [4.69, 9.17) is 5.11 Å². The van der Waals surface area contributed by atoms with E-state index < -0.39 is 22.0 Å². The van der Waals surface area contributed by atoms with E-state index in [0.29, 0.717) is 23.4 Å². The predicted molar refractivity (Wildman–Crippen MR) is 118 cm³/mol. The van der Waals surface area contributed by atoms with Gasteiger partial charge in [-0.15, -0.1) is 11.8 Å². The second-order valence-electron chi connectivity index (χ2n) is 6.45. The predicted octanol–water partition coefficient (Wildman–Crippen LogP) is 3.99. The minimum absolute atomic E-state index is 0.0472. The van der Waals surface area contributed by atoms with Gasteiger partial charge >= 0.3 is 5.97 Å². The van der Waals surface area contributed by atoms with Crippen molar-refractivity contribution in [2.45, 2.75) is 30.4 Å². The van der Waals surface area contributed by atoms with Crippen LogP contribution in [0, 0.1) is 17.0 Å². The molecule has 0 aliphatic rings. The van der Waals surface area contributed by atoms with Gasteiger partial charge < -0.3 is 15.7 Å². The summed E-state index contributed by atoms with van der Waals surface area (Å²) in [5, 5.41) is 24.4. The molecule has 0 aliphatic carbocycles. The Morgan fingerprint density at radius 2 is 1.90 bits per heavy atom. The first kappa shape index (κ1) is 23.6. The van der Waals surface area contributed by atoms with Crippen LogP contribution >= 0.6 is 11.8 Å². The maximum absolute atomic E-state index is 12.7. The van der Waals surface area contributed by atoms with Gasteiger partial charge in [0.1, 0.15) is 0 Å². The largest absolute Gasteiger partial charge is 0.478 e. The van der Waals surface area contributed by atoms with Crippen molar-refractivity contribution in [2.24, 2.45) is 0 Å². The average Bonchev–Trinajstić information content (AvgIpc) is 2.72. The Kier molecular flexibility index (Phi) is 8.33. The highest BCUT2D eigenvalue weighted by atomic mass is 32.2. The lowest BCUT2D eigenvalue weighted by molar-refractivity contribution is -0.384. The summed E-state index contributed by atoms with van der Waals surface area (Å²) in [7, 11) is 0. The summed E-state index contributed by atoms with van der Waals surface area (Å²) in [5.74, 6) is -2.05. The van der Waals surface area contributed by atoms with Crippen LogP contribution in [0.4, 0.5) is 17.1 Å². The van der Waals surface area contributed by atoms with Gasteiger partial charge in [-0.3, -0.25) is 19.7 Å². The Morgan fingerprint density at radius 1 is 1.16 bits per heavy atom. The number of anilines is 2. The number of hydrogen-bond donors (Lipinski definition) is 3. The Morgan fingerprint density at radius 3 is 2.52 bits per heavy atom. The minimum atomic E-state index is -1.22. The van der Waals surface area contributed by atoms with E-state index in [1.807, 2.05) is 6.92 Å². The molecular formula is C21H21N3O6S. The highest BCUT2D eigenvalue weighted by molar-refractivity contribution is 8.00. The molecule has 1 atom stereocenters. The molecule has 0 saturated heterocycles. The van der Waals surface area contributed by atoms with Crippen molar-refractivity contribution in [3.63, 3.8) is 0 Å². The van der Waals surface area contributed by atoms with Crippen molar-refractivity contribution >= 4 is 46.6 Å². The number of aryl methyl sites for hydroxylation is 1. The number of aliphatic carboxylic acids is 1. The van der Waals surface area contributed by atoms with E-state index in [9.17, 15) is 24.5 Å². The molecule has 10 heteroatoms. The van der Waals surface area contributed by atoms with Crippen molar-refractivity contribution in [3.8, 4) is 0 Å². The maximum atomic E-state index is 12.7. The summed E-state index contributed by atoms with van der Waals surface area (Å²) in [5.41, 5.74) is 1.50. The van der Waals surface area contributed by atoms with Crippen LogP contribution in [0.1, 0.15) is 18.9 Å². The summed E-state index contributed by atoms with van der Waals surface area (Å²) in [6.07, 6.45) is 2.18. The lowest BCUT2D eigenvalue weighted by Gasteiger charge is -2.16. The summed E-state index contributed by atoms with van der Waals surface area (Å²) in [4.78, 5) is 46.1. The first-order valence-corrected chi connectivity index (χ1v) is 10.1. The van der Waals surface area contributed by atoms with Gasteiger partial charge in [-0.2, -0.15) is 0 Å². The Labute approximate surface area is 182 Å². The third-order valence-corrected chi connectivity index (χ3v) is 5.46. The molecule has 2 aromatic rings. The second-order valence-corrected chi connectivity index (χ2v) is 7.73. The van der Waals surface area contributed by atoms with Crippen LogP contribution in [0.5, 0.6) is 0 Å². The van der Waals surface area contributed by atoms with Crippen molar-refractivity contribution in [3.05, 3.63) is 70.3 Å². The number of non-ortho nitro benzene ring substituents is 1. The van der Waals surface area contributed by atoms with Crippen LogP contribution in [-0.4, -0.2) is 33.1 Å². The fourth-order valence-corrected chi connectivity index (χ4v) is 3.59. The number of benzene rings is 2. The molecule has 162 valence electrons. The number of carbonyl (C=O) groups is 3. The molecule has 0 radical (unpaired) electrons. The number of rotatable bonds is 9. The summed E-state index contributed by atoms with van der Waals surface area (Å²) in [6.45, 7) is 3.55. The van der Waals surface area contributed by atoms with Gasteiger partial charge in [0.25, 0.3) is 5.69 Å². The van der Waals surface area contributed by atoms with E-state index >= 15 is 0 Å². The fourth-order valence-electron chi connectivity index (χ4n) is 2.58. The fraction of sp³-hybridized carbons (Fsp3) is 0.190. The number of amides is 2. The molecule has 0 fully saturated rings. The number of nitro benzene ring substituents is 1. The van der Waals surface area contributed by atoms with Gasteiger partial charge in [0.05, 0.1) is 10.2 Å². The third-order valence-electron chi connectivity index (χ3n) is 4.10. The number of carboxylic acid groups (broad SMARTS) is 1. The topological polar surface area (TPSA) is 139 Å². The molecule has 0 aromatic heterocycles. The number of thioether (sulfide) groups is 1. The summed E-state index contributed by atoms with van der Waals surface area (Å²) < 4.78 is 0. The van der Waals surface area contributed by atoms with Crippen molar-refractivity contribution in [1.29, 1.82) is 0 Å². The number of hydrogen-bond acceptors (Lipinski definition) is 6. The second kappa shape index (κ2) is 10.9. The van der Waals surface area contributed by atoms with E-state index in [-0.39, 0.29) is 11.6 Å². The van der Waals surface area contributed by atoms with Crippen LogP contribution in [0.15, 0.2) is 59.5 Å². The summed E-state index contributed by atoms with van der Waals surface area (Å²) >= 11 is 1.31. The van der Waals surface area contributed by atoms with Gasteiger partial charge in [0.2, 0.25) is 11.8 Å². The average molecular weight is 443 g/mol. The van der Waals surface area contributed by atoms with E-state index in [1.54, 1.807) is 31.2 Å². The highest BCUT2D eigenvalue weighted by Gasteiger charge is 2.19. The first-order chi connectivity index (χ1) is 14.7. The van der Waals surface area contributed by atoms with E-state index in [2.05, 4.69) is 10.6 Å². The lowest BCUT2D eigenvalue weighted by Crippen LogP contribution is -2.25. The van der Waals surface area contributed by atoms with Gasteiger partial charge in [-0.25, -0.2) is 4.79 Å². The van der Waals surface area contributed by atoms with Crippen molar-refractivity contribution < 1.29 is 24.4 Å².